The van der Waals surface area contributed by atoms with Crippen LogP contribution < -0.4 is 0 Å². The van der Waals surface area contributed by atoms with Gasteiger partial charge in [0.25, 0.3) is 0 Å². The third-order valence-electron chi connectivity index (χ3n) is 8.66. The average Bonchev–Trinajstić information content (AvgIpc) is 3.09. The van der Waals surface area contributed by atoms with Gasteiger partial charge in [-0.25, -0.2) is 0 Å². The van der Waals surface area contributed by atoms with Crippen LogP contribution in [0.15, 0.2) is 36.5 Å². The summed E-state index contributed by atoms with van der Waals surface area (Å²) in [6.45, 7) is 6.39. The standard InChI is InChI=1S/C43H76O6/c1-4-7-10-13-15-17-19-21-23-25-27-30-33-36-42(45)48-39-40(38-47-41(44)35-32-29-12-9-6-3)49-43(46)37-34-31-28-26-24-22-20-18-16-14-11-8-5-2/h7,10,15,17,21,23,40H,4-6,8-9,11-14,16,18-20,22,24-39H2,1-3H3/b10-7-,17-15-,23-21-. The highest BCUT2D eigenvalue weighted by Gasteiger charge is 2.19. The van der Waals surface area contributed by atoms with Crippen LogP contribution in [-0.4, -0.2) is 37.2 Å². The lowest BCUT2D eigenvalue weighted by molar-refractivity contribution is -0.167. The van der Waals surface area contributed by atoms with Crippen LogP contribution >= 0.6 is 0 Å². The van der Waals surface area contributed by atoms with Gasteiger partial charge in [-0.2, -0.15) is 0 Å². The zero-order valence-corrected chi connectivity index (χ0v) is 32.2. The number of unbranched alkanes of at least 4 members (excludes halogenated alkanes) is 19. The SMILES string of the molecule is CC/C=C\C/C=C\C/C=C\CCCCCC(=O)OCC(COC(=O)CCCCCCC)OC(=O)CCCCCCCCCCCCCCC. The molecule has 0 amide bonds. The second-order valence-corrected chi connectivity index (χ2v) is 13.5. The van der Waals surface area contributed by atoms with E-state index in [-0.39, 0.29) is 31.1 Å². The van der Waals surface area contributed by atoms with E-state index in [1.165, 1.54) is 70.6 Å². The maximum atomic E-state index is 12.6. The van der Waals surface area contributed by atoms with Gasteiger partial charge in [-0.1, -0.05) is 166 Å². The Hall–Kier alpha value is -2.37. The third kappa shape index (κ3) is 36.7. The van der Waals surface area contributed by atoms with Crippen molar-refractivity contribution in [2.24, 2.45) is 0 Å². The first-order chi connectivity index (χ1) is 24.0. The lowest BCUT2D eigenvalue weighted by Gasteiger charge is -2.18. The molecule has 0 bridgehead atoms. The Morgan fingerprint density at radius 1 is 0.429 bits per heavy atom. The normalized spacial score (nSPS) is 12.3. The summed E-state index contributed by atoms with van der Waals surface area (Å²) in [6, 6.07) is 0. The van der Waals surface area contributed by atoms with Crippen LogP contribution in [-0.2, 0) is 28.6 Å². The Labute approximate surface area is 302 Å². The Morgan fingerprint density at radius 2 is 0.796 bits per heavy atom. The van der Waals surface area contributed by atoms with Gasteiger partial charge in [-0.05, 0) is 51.4 Å². The van der Waals surface area contributed by atoms with Crippen LogP contribution in [0.4, 0.5) is 0 Å². The number of ether oxygens (including phenoxy) is 3. The van der Waals surface area contributed by atoms with Gasteiger partial charge in [-0.15, -0.1) is 0 Å². The second-order valence-electron chi connectivity index (χ2n) is 13.5. The lowest BCUT2D eigenvalue weighted by atomic mass is 10.0. The van der Waals surface area contributed by atoms with Crippen molar-refractivity contribution in [1.29, 1.82) is 0 Å². The number of hydrogen-bond acceptors (Lipinski definition) is 6. The number of hydrogen-bond donors (Lipinski definition) is 0. The molecule has 1 unspecified atom stereocenters. The van der Waals surface area contributed by atoms with Crippen molar-refractivity contribution in [2.75, 3.05) is 13.2 Å². The minimum Gasteiger partial charge on any atom is -0.462 e. The third-order valence-corrected chi connectivity index (χ3v) is 8.66. The molecule has 1 atom stereocenters. The highest BCUT2D eigenvalue weighted by Crippen LogP contribution is 2.14. The van der Waals surface area contributed by atoms with Gasteiger partial charge >= 0.3 is 17.9 Å². The molecule has 0 saturated heterocycles. The van der Waals surface area contributed by atoms with Crippen LogP contribution in [0.3, 0.4) is 0 Å². The molecule has 0 spiro atoms. The molecule has 0 aromatic heterocycles. The summed E-state index contributed by atoms with van der Waals surface area (Å²) in [5.41, 5.74) is 0. The molecular weight excluding hydrogens is 612 g/mol. The van der Waals surface area contributed by atoms with Gasteiger partial charge in [0.1, 0.15) is 13.2 Å². The summed E-state index contributed by atoms with van der Waals surface area (Å²) in [5.74, 6) is -0.927. The molecule has 0 fully saturated rings. The first-order valence-electron chi connectivity index (χ1n) is 20.5. The summed E-state index contributed by atoms with van der Waals surface area (Å²) in [6.07, 6.45) is 41.5. The molecule has 0 aliphatic carbocycles. The summed E-state index contributed by atoms with van der Waals surface area (Å²) in [7, 11) is 0. The van der Waals surface area contributed by atoms with E-state index in [9.17, 15) is 14.4 Å². The van der Waals surface area contributed by atoms with Crippen molar-refractivity contribution < 1.29 is 28.6 Å². The van der Waals surface area contributed by atoms with Crippen LogP contribution in [0.2, 0.25) is 0 Å². The zero-order chi connectivity index (χ0) is 35.9. The highest BCUT2D eigenvalue weighted by atomic mass is 16.6. The summed E-state index contributed by atoms with van der Waals surface area (Å²) in [5, 5.41) is 0. The van der Waals surface area contributed by atoms with Crippen molar-refractivity contribution in [3.63, 3.8) is 0 Å². The predicted molar refractivity (Wildman–Crippen MR) is 206 cm³/mol. The molecule has 0 heterocycles. The summed E-state index contributed by atoms with van der Waals surface area (Å²) in [4.78, 5) is 37.3. The Kier molecular flexibility index (Phi) is 36.6. The quantitative estimate of drug-likeness (QED) is 0.0282. The summed E-state index contributed by atoms with van der Waals surface area (Å²) >= 11 is 0. The van der Waals surface area contributed by atoms with Crippen molar-refractivity contribution in [2.45, 2.75) is 207 Å². The van der Waals surface area contributed by atoms with E-state index in [0.717, 1.165) is 89.9 Å². The van der Waals surface area contributed by atoms with E-state index in [4.69, 9.17) is 14.2 Å². The van der Waals surface area contributed by atoms with Crippen molar-refractivity contribution in [3.05, 3.63) is 36.5 Å². The zero-order valence-electron chi connectivity index (χ0n) is 32.2. The highest BCUT2D eigenvalue weighted by molar-refractivity contribution is 5.71. The molecule has 0 N–H and O–H groups in total. The van der Waals surface area contributed by atoms with Crippen molar-refractivity contribution in [3.8, 4) is 0 Å². The molecule has 0 saturated carbocycles. The number of carbonyl (C=O) groups is 3. The molecule has 284 valence electrons. The lowest BCUT2D eigenvalue weighted by Crippen LogP contribution is -2.30. The maximum Gasteiger partial charge on any atom is 0.306 e. The van der Waals surface area contributed by atoms with Crippen LogP contribution in [0.25, 0.3) is 0 Å². The van der Waals surface area contributed by atoms with E-state index in [0.29, 0.717) is 19.3 Å². The molecule has 0 aromatic carbocycles. The van der Waals surface area contributed by atoms with Gasteiger partial charge in [0.15, 0.2) is 6.10 Å². The van der Waals surface area contributed by atoms with Gasteiger partial charge in [0, 0.05) is 19.3 Å². The first kappa shape index (κ1) is 46.6. The van der Waals surface area contributed by atoms with E-state index < -0.39 is 6.10 Å². The molecular formula is C43H76O6. The van der Waals surface area contributed by atoms with E-state index in [1.807, 2.05) is 0 Å². The molecule has 6 nitrogen and oxygen atoms in total. The topological polar surface area (TPSA) is 78.9 Å². The monoisotopic (exact) mass is 689 g/mol. The van der Waals surface area contributed by atoms with Gasteiger partial charge < -0.3 is 14.2 Å². The predicted octanol–water partition coefficient (Wildman–Crippen LogP) is 12.6. The Morgan fingerprint density at radius 3 is 1.24 bits per heavy atom. The van der Waals surface area contributed by atoms with Crippen LogP contribution in [0.5, 0.6) is 0 Å². The van der Waals surface area contributed by atoms with E-state index in [2.05, 4.69) is 57.2 Å². The number of esters is 3. The molecule has 0 aliphatic rings. The second kappa shape index (κ2) is 38.4. The molecule has 49 heavy (non-hydrogen) atoms. The molecule has 0 rings (SSSR count). The Balaban J connectivity index is 4.31. The van der Waals surface area contributed by atoms with Gasteiger partial charge in [0.05, 0.1) is 0 Å². The fourth-order valence-corrected chi connectivity index (χ4v) is 5.57. The first-order valence-corrected chi connectivity index (χ1v) is 20.5. The van der Waals surface area contributed by atoms with E-state index >= 15 is 0 Å². The maximum absolute atomic E-state index is 12.6. The fraction of sp³-hybridized carbons (Fsp3) is 0.791. The number of carbonyl (C=O) groups excluding carboxylic acids is 3. The molecule has 0 aliphatic heterocycles. The Bertz CT molecular complexity index is 845. The molecule has 0 aromatic rings. The fourth-order valence-electron chi connectivity index (χ4n) is 5.57. The van der Waals surface area contributed by atoms with Crippen LogP contribution in [0.1, 0.15) is 201 Å². The van der Waals surface area contributed by atoms with Crippen LogP contribution in [0, 0.1) is 0 Å². The minimum absolute atomic E-state index is 0.0810. The number of allylic oxidation sites excluding steroid dienone is 6. The summed E-state index contributed by atoms with van der Waals surface area (Å²) < 4.78 is 16.5. The van der Waals surface area contributed by atoms with Crippen molar-refractivity contribution in [1.82, 2.24) is 0 Å². The van der Waals surface area contributed by atoms with Crippen molar-refractivity contribution >= 4 is 17.9 Å². The van der Waals surface area contributed by atoms with Gasteiger partial charge in [0.2, 0.25) is 0 Å². The minimum atomic E-state index is -0.774. The largest absolute Gasteiger partial charge is 0.462 e. The smallest absolute Gasteiger partial charge is 0.306 e. The molecule has 6 heteroatoms. The number of rotatable bonds is 36. The van der Waals surface area contributed by atoms with Gasteiger partial charge in [-0.3, -0.25) is 14.4 Å². The van der Waals surface area contributed by atoms with E-state index in [1.54, 1.807) is 0 Å². The molecule has 0 radical (unpaired) electrons. The average molecular weight is 689 g/mol.